The minimum absolute atomic E-state index is 0.0376. The Morgan fingerprint density at radius 1 is 0.878 bits per heavy atom. The highest BCUT2D eigenvalue weighted by Crippen LogP contribution is 2.29. The fourth-order valence-electron chi connectivity index (χ4n) is 5.01. The summed E-state index contributed by atoms with van der Waals surface area (Å²) in [5.41, 5.74) is 6.13. The van der Waals surface area contributed by atoms with Crippen molar-refractivity contribution in [2.45, 2.75) is 59.9 Å². The van der Waals surface area contributed by atoms with E-state index in [-0.39, 0.29) is 18.1 Å². The summed E-state index contributed by atoms with van der Waals surface area (Å²) < 4.78 is 12.0. The number of carbonyl (C=O) groups excluding carboxylic acids is 1. The van der Waals surface area contributed by atoms with Gasteiger partial charge in [-0.25, -0.2) is 0 Å². The lowest BCUT2D eigenvalue weighted by Crippen LogP contribution is -2.48. The Hall–Kier alpha value is -3.71. The Bertz CT molecular complexity index is 1300. The molecule has 1 aliphatic heterocycles. The molecule has 0 radical (unpaired) electrons. The van der Waals surface area contributed by atoms with Crippen LogP contribution in [0.2, 0.25) is 0 Å². The van der Waals surface area contributed by atoms with Crippen molar-refractivity contribution in [2.24, 2.45) is 0 Å². The molecule has 1 aliphatic rings. The van der Waals surface area contributed by atoms with Gasteiger partial charge in [0.25, 0.3) is 5.91 Å². The highest BCUT2D eigenvalue weighted by molar-refractivity contribution is 6.00. The van der Waals surface area contributed by atoms with Crippen LogP contribution < -0.4 is 19.7 Å². The molecule has 0 atom stereocenters. The number of rotatable bonds is 11. The molecule has 1 heterocycles. The van der Waals surface area contributed by atoms with Gasteiger partial charge in [0.05, 0.1) is 17.8 Å². The number of benzene rings is 3. The summed E-state index contributed by atoms with van der Waals surface area (Å²) in [6, 6.07) is 20.7. The van der Waals surface area contributed by atoms with E-state index < -0.39 is 0 Å². The highest BCUT2D eigenvalue weighted by Gasteiger charge is 2.24. The molecule has 1 saturated heterocycles. The molecular formula is C34H46N4O3. The largest absolute Gasteiger partial charge is 0.491 e. The molecule has 7 nitrogen and oxygen atoms in total. The molecule has 0 bridgehead atoms. The summed E-state index contributed by atoms with van der Waals surface area (Å²) in [5.74, 6) is 1.65. The van der Waals surface area contributed by atoms with Gasteiger partial charge in [-0.1, -0.05) is 23.8 Å². The van der Waals surface area contributed by atoms with E-state index >= 15 is 0 Å². The molecule has 4 rings (SSSR count). The number of hydrogen-bond donors (Lipinski definition) is 1. The van der Waals surface area contributed by atoms with Gasteiger partial charge in [0.15, 0.2) is 0 Å². The molecule has 0 aliphatic carbocycles. The quantitative estimate of drug-likeness (QED) is 0.302. The van der Waals surface area contributed by atoms with Gasteiger partial charge in [-0.2, -0.15) is 0 Å². The topological polar surface area (TPSA) is 57.3 Å². The van der Waals surface area contributed by atoms with Crippen molar-refractivity contribution in [1.82, 2.24) is 9.80 Å². The standard InChI is InChI=1S/C34H46N4O3/c1-24(2)40-30-14-11-28(33(21-30)41-25(3)4)22-35-32-15-8-26(5)20-31(32)34(39)38-18-16-37(17-19-38)23-27-9-12-29(13-10-27)36(6)7/h8-15,20-21,24-25,35H,16-19,22-23H2,1-7H3. The Labute approximate surface area is 246 Å². The van der Waals surface area contributed by atoms with Gasteiger partial charge in [-0.15, -0.1) is 0 Å². The van der Waals surface area contributed by atoms with E-state index in [1.807, 2.05) is 75.9 Å². The van der Waals surface area contributed by atoms with E-state index in [1.165, 1.54) is 11.3 Å². The first-order chi connectivity index (χ1) is 19.6. The van der Waals surface area contributed by atoms with E-state index in [4.69, 9.17) is 9.47 Å². The summed E-state index contributed by atoms with van der Waals surface area (Å²) >= 11 is 0. The summed E-state index contributed by atoms with van der Waals surface area (Å²) in [7, 11) is 4.11. The molecule has 220 valence electrons. The first-order valence-electron chi connectivity index (χ1n) is 14.7. The number of ether oxygens (including phenoxy) is 2. The van der Waals surface area contributed by atoms with Crippen LogP contribution in [-0.2, 0) is 13.1 Å². The summed E-state index contributed by atoms with van der Waals surface area (Å²) in [4.78, 5) is 20.2. The zero-order valence-corrected chi connectivity index (χ0v) is 25.7. The molecule has 1 amide bonds. The Morgan fingerprint density at radius 3 is 2.20 bits per heavy atom. The molecule has 0 saturated carbocycles. The van der Waals surface area contributed by atoms with Crippen LogP contribution in [-0.4, -0.2) is 68.2 Å². The van der Waals surface area contributed by atoms with Gasteiger partial charge in [-0.3, -0.25) is 9.69 Å². The molecule has 1 N–H and O–H groups in total. The van der Waals surface area contributed by atoms with Crippen LogP contribution in [0.3, 0.4) is 0 Å². The van der Waals surface area contributed by atoms with Crippen LogP contribution in [0.5, 0.6) is 11.5 Å². The van der Waals surface area contributed by atoms with Gasteiger partial charge < -0.3 is 24.6 Å². The zero-order valence-electron chi connectivity index (χ0n) is 25.7. The van der Waals surface area contributed by atoms with Crippen LogP contribution in [0, 0.1) is 6.92 Å². The molecule has 7 heteroatoms. The number of amides is 1. The van der Waals surface area contributed by atoms with Crippen molar-refractivity contribution in [3.8, 4) is 11.5 Å². The SMILES string of the molecule is Cc1ccc(NCc2ccc(OC(C)C)cc2OC(C)C)c(C(=O)N2CCN(Cc3ccc(N(C)C)cc3)CC2)c1. The third kappa shape index (κ3) is 8.40. The Kier molecular flexibility index (Phi) is 10.2. The van der Waals surface area contributed by atoms with Gasteiger partial charge >= 0.3 is 0 Å². The van der Waals surface area contributed by atoms with Crippen molar-refractivity contribution in [2.75, 3.05) is 50.5 Å². The Morgan fingerprint density at radius 2 is 1.56 bits per heavy atom. The lowest BCUT2D eigenvalue weighted by atomic mass is 10.1. The molecule has 1 fully saturated rings. The normalized spacial score (nSPS) is 13.9. The highest BCUT2D eigenvalue weighted by atomic mass is 16.5. The van der Waals surface area contributed by atoms with E-state index in [0.717, 1.165) is 47.9 Å². The maximum absolute atomic E-state index is 13.7. The number of anilines is 2. The lowest BCUT2D eigenvalue weighted by molar-refractivity contribution is 0.0629. The fourth-order valence-corrected chi connectivity index (χ4v) is 5.01. The van der Waals surface area contributed by atoms with E-state index in [2.05, 4.69) is 53.5 Å². The third-order valence-corrected chi connectivity index (χ3v) is 7.17. The van der Waals surface area contributed by atoms with Crippen LogP contribution in [0.15, 0.2) is 60.7 Å². The molecule has 3 aromatic rings. The van der Waals surface area contributed by atoms with Crippen LogP contribution in [0.4, 0.5) is 11.4 Å². The van der Waals surface area contributed by atoms with Crippen LogP contribution in [0.1, 0.15) is 54.7 Å². The minimum Gasteiger partial charge on any atom is -0.491 e. The average molecular weight is 559 g/mol. The number of carbonyl (C=O) groups is 1. The van der Waals surface area contributed by atoms with Crippen molar-refractivity contribution < 1.29 is 14.3 Å². The second kappa shape index (κ2) is 13.8. The Balaban J connectivity index is 1.41. The number of piperazine rings is 1. The third-order valence-electron chi connectivity index (χ3n) is 7.17. The summed E-state index contributed by atoms with van der Waals surface area (Å²) in [6.07, 6.45) is 0.124. The fraction of sp³-hybridized carbons (Fsp3) is 0.441. The second-order valence-electron chi connectivity index (χ2n) is 11.6. The molecule has 0 unspecified atom stereocenters. The number of nitrogens with zero attached hydrogens (tertiary/aromatic N) is 3. The van der Waals surface area contributed by atoms with Gasteiger partial charge in [0, 0.05) is 76.4 Å². The number of aryl methyl sites for hydroxylation is 1. The molecule has 3 aromatic carbocycles. The first-order valence-corrected chi connectivity index (χ1v) is 14.7. The molecule has 41 heavy (non-hydrogen) atoms. The van der Waals surface area contributed by atoms with Crippen molar-refractivity contribution in [3.63, 3.8) is 0 Å². The van der Waals surface area contributed by atoms with E-state index in [1.54, 1.807) is 0 Å². The van der Waals surface area contributed by atoms with Crippen LogP contribution >= 0.6 is 0 Å². The van der Waals surface area contributed by atoms with Crippen molar-refractivity contribution in [1.29, 1.82) is 0 Å². The number of nitrogens with one attached hydrogen (secondary N) is 1. The van der Waals surface area contributed by atoms with Crippen LogP contribution in [0.25, 0.3) is 0 Å². The predicted octanol–water partition coefficient (Wildman–Crippen LogP) is 6.21. The maximum atomic E-state index is 13.7. The van der Waals surface area contributed by atoms with Gasteiger partial charge in [-0.05, 0) is 76.6 Å². The van der Waals surface area contributed by atoms with Crippen molar-refractivity contribution in [3.05, 3.63) is 82.9 Å². The minimum atomic E-state index is 0.0376. The van der Waals surface area contributed by atoms with E-state index in [0.29, 0.717) is 25.2 Å². The maximum Gasteiger partial charge on any atom is 0.256 e. The van der Waals surface area contributed by atoms with Crippen molar-refractivity contribution >= 4 is 17.3 Å². The number of hydrogen-bond acceptors (Lipinski definition) is 6. The summed E-state index contributed by atoms with van der Waals surface area (Å²) in [6.45, 7) is 14.7. The van der Waals surface area contributed by atoms with Gasteiger partial charge in [0.1, 0.15) is 11.5 Å². The zero-order chi connectivity index (χ0) is 29.5. The lowest BCUT2D eigenvalue weighted by Gasteiger charge is -2.35. The molecule has 0 aromatic heterocycles. The van der Waals surface area contributed by atoms with Gasteiger partial charge in [0.2, 0.25) is 0 Å². The first kappa shape index (κ1) is 30.3. The molecular weight excluding hydrogens is 512 g/mol. The predicted molar refractivity (Wildman–Crippen MR) is 168 cm³/mol. The monoisotopic (exact) mass is 558 g/mol. The average Bonchev–Trinajstić information content (AvgIpc) is 2.93. The van der Waals surface area contributed by atoms with E-state index in [9.17, 15) is 4.79 Å². The second-order valence-corrected chi connectivity index (χ2v) is 11.6. The smallest absolute Gasteiger partial charge is 0.256 e. The summed E-state index contributed by atoms with van der Waals surface area (Å²) in [5, 5.41) is 3.52. The molecule has 0 spiro atoms.